The minimum Gasteiger partial charge on any atom is -0.466 e. The van der Waals surface area contributed by atoms with Gasteiger partial charge in [0, 0.05) is 18.4 Å². The Hall–Kier alpha value is -0.760. The fourth-order valence-electron chi connectivity index (χ4n) is 7.62. The molecule has 0 saturated heterocycles. The summed E-state index contributed by atoms with van der Waals surface area (Å²) in [6.07, 6.45) is 16.8. The Kier molecular flexibility index (Phi) is 6.70. The Labute approximate surface area is 192 Å². The van der Waals surface area contributed by atoms with Crippen molar-refractivity contribution in [1.82, 2.24) is 0 Å². The van der Waals surface area contributed by atoms with E-state index in [-0.39, 0.29) is 5.41 Å². The standard InChI is InChI=1S/C29H48O2/c1-19(2)20(3)8-9-21(4)24-11-12-25-26-13-10-22-18-23(30-7)14-16-28(22,5)27(31-26)15-17-29(24,25)6/h13,15,19-25H,8-12,14,16-18H2,1-7H3/t20-,21-,22+,23+,24-,25?,28+,29-/m1/s1. The summed E-state index contributed by atoms with van der Waals surface area (Å²) in [5, 5.41) is 0. The molecule has 2 heterocycles. The van der Waals surface area contributed by atoms with E-state index in [1.807, 2.05) is 7.11 Å². The number of allylic oxidation sites excluding steroid dienone is 4. The first kappa shape index (κ1) is 23.4. The molecule has 2 aliphatic heterocycles. The van der Waals surface area contributed by atoms with E-state index >= 15 is 0 Å². The lowest BCUT2D eigenvalue weighted by molar-refractivity contribution is -0.00758. The molecule has 0 N–H and O–H groups in total. The average molecular weight is 429 g/mol. The smallest absolute Gasteiger partial charge is 0.106 e. The number of hydrogen-bond donors (Lipinski definition) is 0. The van der Waals surface area contributed by atoms with Gasteiger partial charge in [0.05, 0.1) is 6.10 Å². The van der Waals surface area contributed by atoms with Gasteiger partial charge in [-0.25, -0.2) is 0 Å². The molecular formula is C29H48O2. The summed E-state index contributed by atoms with van der Waals surface area (Å²) in [7, 11) is 1.88. The molecule has 2 saturated carbocycles. The van der Waals surface area contributed by atoms with Crippen molar-refractivity contribution in [3.63, 3.8) is 0 Å². The third-order valence-electron chi connectivity index (χ3n) is 10.5. The maximum Gasteiger partial charge on any atom is 0.106 e. The third kappa shape index (κ3) is 4.16. The number of hydrogen-bond acceptors (Lipinski definition) is 2. The van der Waals surface area contributed by atoms with E-state index in [1.165, 1.54) is 56.5 Å². The molecule has 2 nitrogen and oxygen atoms in total. The van der Waals surface area contributed by atoms with Crippen LogP contribution >= 0.6 is 0 Å². The first-order valence-electron chi connectivity index (χ1n) is 13.3. The summed E-state index contributed by atoms with van der Waals surface area (Å²) in [6.45, 7) is 14.8. The first-order valence-corrected chi connectivity index (χ1v) is 13.3. The van der Waals surface area contributed by atoms with Gasteiger partial charge in [0.2, 0.25) is 0 Å². The van der Waals surface area contributed by atoms with Gasteiger partial charge in [-0.05, 0) is 92.1 Å². The molecule has 0 aromatic heterocycles. The molecule has 0 radical (unpaired) electrons. The second kappa shape index (κ2) is 8.88. The van der Waals surface area contributed by atoms with Crippen molar-refractivity contribution in [3.05, 3.63) is 23.7 Å². The van der Waals surface area contributed by atoms with Crippen LogP contribution in [0.25, 0.3) is 0 Å². The van der Waals surface area contributed by atoms with Gasteiger partial charge < -0.3 is 9.47 Å². The fraction of sp³-hybridized carbons (Fsp3) is 0.862. The van der Waals surface area contributed by atoms with Crippen LogP contribution in [-0.2, 0) is 9.47 Å². The molecule has 0 spiro atoms. The summed E-state index contributed by atoms with van der Waals surface area (Å²) in [6, 6.07) is 0. The van der Waals surface area contributed by atoms with Crippen LogP contribution in [0.2, 0.25) is 0 Å². The Morgan fingerprint density at radius 3 is 2.55 bits per heavy atom. The molecule has 0 aromatic carbocycles. The zero-order valence-electron chi connectivity index (χ0n) is 21.4. The minimum absolute atomic E-state index is 0.177. The van der Waals surface area contributed by atoms with Crippen molar-refractivity contribution in [2.45, 2.75) is 105 Å². The molecule has 176 valence electrons. The molecule has 2 aliphatic carbocycles. The molecule has 1 unspecified atom stereocenters. The zero-order valence-corrected chi connectivity index (χ0v) is 21.4. The molecule has 2 bridgehead atoms. The highest BCUT2D eigenvalue weighted by Crippen LogP contribution is 2.61. The number of methoxy groups -OCH3 is 1. The Bertz CT molecular complexity index is 706. The number of ether oxygens (including phenoxy) is 2. The van der Waals surface area contributed by atoms with Crippen molar-refractivity contribution in [2.24, 2.45) is 46.3 Å². The van der Waals surface area contributed by atoms with Crippen molar-refractivity contribution < 1.29 is 9.47 Å². The second-order valence-electron chi connectivity index (χ2n) is 12.5. The highest BCUT2D eigenvalue weighted by atomic mass is 16.5. The lowest BCUT2D eigenvalue weighted by Gasteiger charge is -2.43. The minimum atomic E-state index is 0.177. The SMILES string of the molecule is CO[C@H]1CC[C@]2(C)C3=CC[C@@]4(C)C(CC[C@@H]4[C@H](C)CC[C@@H](C)C(C)C)C(=CC[C@H]2C1)O3. The van der Waals surface area contributed by atoms with Gasteiger partial charge in [0.25, 0.3) is 0 Å². The van der Waals surface area contributed by atoms with Gasteiger partial charge in [0.1, 0.15) is 11.5 Å². The van der Waals surface area contributed by atoms with E-state index < -0.39 is 0 Å². The van der Waals surface area contributed by atoms with Gasteiger partial charge in [-0.1, -0.05) is 54.4 Å². The molecule has 4 rings (SSSR count). The highest BCUT2D eigenvalue weighted by Gasteiger charge is 2.54. The summed E-state index contributed by atoms with van der Waals surface area (Å²) in [4.78, 5) is 0. The predicted molar refractivity (Wildman–Crippen MR) is 129 cm³/mol. The maximum absolute atomic E-state index is 6.83. The summed E-state index contributed by atoms with van der Waals surface area (Å²) >= 11 is 0. The molecule has 2 fully saturated rings. The third-order valence-corrected chi connectivity index (χ3v) is 10.5. The molecule has 8 atom stereocenters. The van der Waals surface area contributed by atoms with Gasteiger partial charge >= 0.3 is 0 Å². The lowest BCUT2D eigenvalue weighted by Crippen LogP contribution is -2.38. The molecular weight excluding hydrogens is 380 g/mol. The van der Waals surface area contributed by atoms with Crippen LogP contribution in [0.4, 0.5) is 0 Å². The van der Waals surface area contributed by atoms with Crippen molar-refractivity contribution in [2.75, 3.05) is 7.11 Å². The number of rotatable bonds is 6. The van der Waals surface area contributed by atoms with Crippen molar-refractivity contribution in [3.8, 4) is 0 Å². The fourth-order valence-corrected chi connectivity index (χ4v) is 7.62. The Morgan fingerprint density at radius 1 is 1.06 bits per heavy atom. The molecule has 0 amide bonds. The highest BCUT2D eigenvalue weighted by molar-refractivity contribution is 5.25. The lowest BCUT2D eigenvalue weighted by atomic mass is 9.62. The number of fused-ring (bicyclic) bond motifs is 6. The summed E-state index contributed by atoms with van der Waals surface area (Å²) < 4.78 is 12.6. The Balaban J connectivity index is 1.55. The van der Waals surface area contributed by atoms with Crippen molar-refractivity contribution in [1.29, 1.82) is 0 Å². The predicted octanol–water partition coefficient (Wildman–Crippen LogP) is 8.14. The van der Waals surface area contributed by atoms with Crippen LogP contribution in [0, 0.1) is 46.3 Å². The topological polar surface area (TPSA) is 18.5 Å². The van der Waals surface area contributed by atoms with E-state index in [9.17, 15) is 0 Å². The molecule has 2 heteroatoms. The van der Waals surface area contributed by atoms with Gasteiger partial charge in [0.15, 0.2) is 0 Å². The normalized spacial score (nSPS) is 41.8. The molecule has 0 aromatic rings. The van der Waals surface area contributed by atoms with E-state index in [2.05, 4.69) is 53.7 Å². The summed E-state index contributed by atoms with van der Waals surface area (Å²) in [5.74, 6) is 7.10. The van der Waals surface area contributed by atoms with E-state index in [4.69, 9.17) is 9.47 Å². The van der Waals surface area contributed by atoms with Crippen LogP contribution in [-0.4, -0.2) is 13.2 Å². The van der Waals surface area contributed by atoms with E-state index in [0.29, 0.717) is 23.4 Å². The van der Waals surface area contributed by atoms with Crippen LogP contribution in [0.1, 0.15) is 99.3 Å². The zero-order chi connectivity index (χ0) is 22.4. The maximum atomic E-state index is 6.83. The largest absolute Gasteiger partial charge is 0.466 e. The molecule has 4 aliphatic rings. The Morgan fingerprint density at radius 2 is 1.84 bits per heavy atom. The van der Waals surface area contributed by atoms with Crippen molar-refractivity contribution >= 4 is 0 Å². The van der Waals surface area contributed by atoms with Crippen LogP contribution in [0.15, 0.2) is 23.7 Å². The van der Waals surface area contributed by atoms with E-state index in [1.54, 1.807) is 0 Å². The monoisotopic (exact) mass is 428 g/mol. The van der Waals surface area contributed by atoms with Gasteiger partial charge in [-0.2, -0.15) is 0 Å². The van der Waals surface area contributed by atoms with E-state index in [0.717, 1.165) is 36.5 Å². The average Bonchev–Trinajstić information content (AvgIpc) is 2.92. The summed E-state index contributed by atoms with van der Waals surface area (Å²) in [5.41, 5.74) is 0.525. The van der Waals surface area contributed by atoms with Crippen LogP contribution in [0.3, 0.4) is 0 Å². The van der Waals surface area contributed by atoms with Gasteiger partial charge in [-0.3, -0.25) is 0 Å². The first-order chi connectivity index (χ1) is 14.7. The molecule has 31 heavy (non-hydrogen) atoms. The van der Waals surface area contributed by atoms with Crippen LogP contribution in [0.5, 0.6) is 0 Å². The quantitative estimate of drug-likeness (QED) is 0.425. The second-order valence-corrected chi connectivity index (χ2v) is 12.5. The van der Waals surface area contributed by atoms with Gasteiger partial charge in [-0.15, -0.1) is 0 Å². The van der Waals surface area contributed by atoms with Crippen LogP contribution < -0.4 is 0 Å².